The third-order valence-electron chi connectivity index (χ3n) is 1.55. The van der Waals surface area contributed by atoms with Crippen LogP contribution in [0.25, 0.3) is 0 Å². The van der Waals surface area contributed by atoms with Crippen LogP contribution in [0.15, 0.2) is 16.6 Å². The Kier molecular flexibility index (Phi) is 3.78. The van der Waals surface area contributed by atoms with Crippen molar-refractivity contribution in [2.75, 3.05) is 0 Å². The van der Waals surface area contributed by atoms with Crippen molar-refractivity contribution in [1.29, 1.82) is 0 Å². The van der Waals surface area contributed by atoms with Crippen LogP contribution in [0.1, 0.15) is 11.7 Å². The molecule has 6 heteroatoms. The summed E-state index contributed by atoms with van der Waals surface area (Å²) in [5.74, 6) is -1.39. The minimum absolute atomic E-state index is 0.00373. The second kappa shape index (κ2) is 4.49. The molecule has 0 saturated carbocycles. The predicted octanol–water partition coefficient (Wildman–Crippen LogP) is 2.87. The Morgan fingerprint density at radius 1 is 1.36 bits per heavy atom. The first-order valence-corrected chi connectivity index (χ1v) is 5.03. The van der Waals surface area contributed by atoms with Crippen LogP contribution >= 0.6 is 39.1 Å². The summed E-state index contributed by atoms with van der Waals surface area (Å²) in [4.78, 5) is 10.5. The molecule has 0 spiro atoms. The first-order chi connectivity index (χ1) is 6.43. The van der Waals surface area contributed by atoms with E-state index in [-0.39, 0.29) is 15.6 Å². The maximum Gasteiger partial charge on any atom is 0.337 e. The number of aliphatic carboxylic acids is 1. The molecule has 1 rings (SSSR count). The van der Waals surface area contributed by atoms with Gasteiger partial charge in [0.15, 0.2) is 6.10 Å². The van der Waals surface area contributed by atoms with Gasteiger partial charge in [0.05, 0.1) is 0 Å². The molecule has 0 bridgehead atoms. The Morgan fingerprint density at radius 2 is 1.79 bits per heavy atom. The first kappa shape index (κ1) is 11.8. The Labute approximate surface area is 98.4 Å². The van der Waals surface area contributed by atoms with E-state index in [1.54, 1.807) is 0 Å². The minimum atomic E-state index is -1.71. The lowest BCUT2D eigenvalue weighted by molar-refractivity contribution is -0.146. The van der Waals surface area contributed by atoms with Crippen LogP contribution in [0, 0.1) is 0 Å². The van der Waals surface area contributed by atoms with E-state index in [1.807, 2.05) is 0 Å². The highest BCUT2D eigenvalue weighted by Gasteiger charge is 2.22. The number of benzene rings is 1. The summed E-state index contributed by atoms with van der Waals surface area (Å²) in [6.07, 6.45) is -1.71. The van der Waals surface area contributed by atoms with Crippen molar-refractivity contribution in [1.82, 2.24) is 0 Å². The molecular weight excluding hydrogens is 295 g/mol. The normalized spacial score (nSPS) is 12.6. The zero-order valence-electron chi connectivity index (χ0n) is 6.67. The number of carbonyl (C=O) groups is 1. The van der Waals surface area contributed by atoms with Gasteiger partial charge in [0, 0.05) is 20.1 Å². The summed E-state index contributed by atoms with van der Waals surface area (Å²) >= 11 is 14.6. The molecule has 0 heterocycles. The molecule has 1 atom stereocenters. The molecule has 1 aromatic carbocycles. The molecule has 0 aliphatic rings. The first-order valence-electron chi connectivity index (χ1n) is 3.48. The summed E-state index contributed by atoms with van der Waals surface area (Å²) in [5, 5.41) is 18.1. The Morgan fingerprint density at radius 3 is 2.14 bits per heavy atom. The number of rotatable bonds is 2. The van der Waals surface area contributed by atoms with Crippen molar-refractivity contribution in [3.05, 3.63) is 32.2 Å². The molecule has 0 amide bonds. The average Bonchev–Trinajstić information content (AvgIpc) is 2.01. The molecule has 14 heavy (non-hydrogen) atoms. The smallest absolute Gasteiger partial charge is 0.337 e. The van der Waals surface area contributed by atoms with Gasteiger partial charge in [0.1, 0.15) is 0 Å². The number of hydrogen-bond donors (Lipinski definition) is 2. The van der Waals surface area contributed by atoms with E-state index in [1.165, 1.54) is 12.1 Å². The number of halogens is 3. The van der Waals surface area contributed by atoms with Gasteiger partial charge in [-0.3, -0.25) is 0 Å². The quantitative estimate of drug-likeness (QED) is 0.883. The maximum atomic E-state index is 10.5. The molecule has 3 nitrogen and oxygen atoms in total. The molecule has 0 aromatic heterocycles. The molecule has 2 N–H and O–H groups in total. The number of carboxylic acid groups (broad SMARTS) is 1. The lowest BCUT2D eigenvalue weighted by atomic mass is 10.1. The fraction of sp³-hybridized carbons (Fsp3) is 0.125. The second-order valence-electron chi connectivity index (χ2n) is 2.52. The fourth-order valence-electron chi connectivity index (χ4n) is 0.938. The summed E-state index contributed by atoms with van der Waals surface area (Å²) in [6, 6.07) is 2.93. The van der Waals surface area contributed by atoms with E-state index in [0.29, 0.717) is 4.47 Å². The van der Waals surface area contributed by atoms with Crippen molar-refractivity contribution < 1.29 is 15.0 Å². The number of carboxylic acids is 1. The highest BCUT2D eigenvalue weighted by molar-refractivity contribution is 9.10. The average molecular weight is 300 g/mol. The van der Waals surface area contributed by atoms with Gasteiger partial charge >= 0.3 is 5.97 Å². The van der Waals surface area contributed by atoms with Crippen LogP contribution in [-0.2, 0) is 4.79 Å². The molecule has 0 aliphatic carbocycles. The van der Waals surface area contributed by atoms with E-state index in [0.717, 1.165) is 0 Å². The van der Waals surface area contributed by atoms with Gasteiger partial charge in [-0.25, -0.2) is 4.79 Å². The van der Waals surface area contributed by atoms with E-state index in [9.17, 15) is 9.90 Å². The van der Waals surface area contributed by atoms with Crippen LogP contribution in [0.5, 0.6) is 0 Å². The summed E-state index contributed by atoms with van der Waals surface area (Å²) in [6.45, 7) is 0. The predicted molar refractivity (Wildman–Crippen MR) is 56.8 cm³/mol. The summed E-state index contributed by atoms with van der Waals surface area (Å²) in [5.41, 5.74) is 0.00373. The molecule has 0 unspecified atom stereocenters. The number of aliphatic hydroxyl groups excluding tert-OH is 1. The Balaban J connectivity index is 3.27. The van der Waals surface area contributed by atoms with Crippen molar-refractivity contribution in [2.24, 2.45) is 0 Å². The van der Waals surface area contributed by atoms with Crippen LogP contribution in [0.2, 0.25) is 10.0 Å². The molecular formula is C8H5BrCl2O3. The largest absolute Gasteiger partial charge is 0.479 e. The van der Waals surface area contributed by atoms with Crippen LogP contribution < -0.4 is 0 Å². The van der Waals surface area contributed by atoms with E-state index >= 15 is 0 Å². The Hall–Kier alpha value is -0.290. The monoisotopic (exact) mass is 298 g/mol. The lowest BCUT2D eigenvalue weighted by Gasteiger charge is -2.10. The van der Waals surface area contributed by atoms with Crippen molar-refractivity contribution in [2.45, 2.75) is 6.10 Å². The zero-order chi connectivity index (χ0) is 10.9. The minimum Gasteiger partial charge on any atom is -0.479 e. The van der Waals surface area contributed by atoms with Gasteiger partial charge in [0.25, 0.3) is 0 Å². The third kappa shape index (κ3) is 2.39. The van der Waals surface area contributed by atoms with Gasteiger partial charge in [0.2, 0.25) is 0 Å². The maximum absolute atomic E-state index is 10.5. The third-order valence-corrected chi connectivity index (χ3v) is 2.63. The van der Waals surface area contributed by atoms with Crippen LogP contribution in [0.4, 0.5) is 0 Å². The molecule has 76 valence electrons. The van der Waals surface area contributed by atoms with Gasteiger partial charge in [-0.15, -0.1) is 0 Å². The standard InChI is InChI=1S/C8H5BrCl2O3/c9-3-1-4(10)6(5(11)2-3)7(12)8(13)14/h1-2,7,12H,(H,13,14)/t7-/m1/s1. The van der Waals surface area contributed by atoms with Gasteiger partial charge in [-0.1, -0.05) is 39.1 Å². The molecule has 0 aliphatic heterocycles. The fourth-order valence-corrected chi connectivity index (χ4v) is 2.35. The van der Waals surface area contributed by atoms with Gasteiger partial charge in [-0.2, -0.15) is 0 Å². The topological polar surface area (TPSA) is 57.5 Å². The molecule has 0 fully saturated rings. The lowest BCUT2D eigenvalue weighted by Crippen LogP contribution is -2.11. The zero-order valence-corrected chi connectivity index (χ0v) is 9.77. The highest BCUT2D eigenvalue weighted by Crippen LogP contribution is 2.33. The van der Waals surface area contributed by atoms with Crippen molar-refractivity contribution in [3.8, 4) is 0 Å². The second-order valence-corrected chi connectivity index (χ2v) is 4.25. The molecule has 0 radical (unpaired) electrons. The number of aliphatic hydroxyl groups is 1. The van der Waals surface area contributed by atoms with E-state index < -0.39 is 12.1 Å². The van der Waals surface area contributed by atoms with E-state index in [4.69, 9.17) is 28.3 Å². The van der Waals surface area contributed by atoms with Crippen LogP contribution in [0.3, 0.4) is 0 Å². The van der Waals surface area contributed by atoms with Crippen molar-refractivity contribution in [3.63, 3.8) is 0 Å². The number of hydrogen-bond acceptors (Lipinski definition) is 2. The van der Waals surface area contributed by atoms with Crippen molar-refractivity contribution >= 4 is 45.1 Å². The van der Waals surface area contributed by atoms with Crippen LogP contribution in [-0.4, -0.2) is 16.2 Å². The molecule has 0 saturated heterocycles. The van der Waals surface area contributed by atoms with E-state index in [2.05, 4.69) is 15.9 Å². The summed E-state index contributed by atoms with van der Waals surface area (Å²) in [7, 11) is 0. The SMILES string of the molecule is O=C(O)[C@H](O)c1c(Cl)cc(Br)cc1Cl. The molecule has 1 aromatic rings. The van der Waals surface area contributed by atoms with Gasteiger partial charge < -0.3 is 10.2 Å². The summed E-state index contributed by atoms with van der Waals surface area (Å²) < 4.78 is 0.619. The van der Waals surface area contributed by atoms with Gasteiger partial charge in [-0.05, 0) is 12.1 Å². The highest BCUT2D eigenvalue weighted by atomic mass is 79.9. The Bertz CT molecular complexity index is 358.